The minimum Gasteiger partial charge on any atom is -0.494 e. The summed E-state index contributed by atoms with van der Waals surface area (Å²) in [7, 11) is -2.31. The molecular formula is C18H23Cl2NO3S. The molecule has 5 rings (SSSR count). The van der Waals surface area contributed by atoms with E-state index in [0.717, 1.165) is 37.0 Å². The molecule has 25 heavy (non-hydrogen) atoms. The number of benzene rings is 1. The van der Waals surface area contributed by atoms with Crippen molar-refractivity contribution in [3.63, 3.8) is 0 Å². The summed E-state index contributed by atoms with van der Waals surface area (Å²) in [5.41, 5.74) is 0.130. The molecule has 4 saturated carbocycles. The van der Waals surface area contributed by atoms with Gasteiger partial charge in [0.05, 0.1) is 12.1 Å². The maximum atomic E-state index is 12.9. The van der Waals surface area contributed by atoms with Gasteiger partial charge in [0, 0.05) is 6.54 Å². The predicted octanol–water partition coefficient (Wildman–Crippen LogP) is 4.50. The van der Waals surface area contributed by atoms with E-state index < -0.39 is 10.0 Å². The summed E-state index contributed by atoms with van der Waals surface area (Å²) in [6.07, 6.45) is 7.48. The number of hydrogen-bond acceptors (Lipinski definition) is 3. The number of sulfonamides is 1. The zero-order valence-corrected chi connectivity index (χ0v) is 16.6. The average molecular weight is 404 g/mol. The van der Waals surface area contributed by atoms with Crippen LogP contribution in [0.1, 0.15) is 38.5 Å². The fourth-order valence-electron chi connectivity index (χ4n) is 5.75. The van der Waals surface area contributed by atoms with E-state index >= 15 is 0 Å². The van der Waals surface area contributed by atoms with Crippen LogP contribution in [-0.2, 0) is 10.0 Å². The van der Waals surface area contributed by atoms with E-state index in [9.17, 15) is 8.42 Å². The molecule has 138 valence electrons. The van der Waals surface area contributed by atoms with E-state index in [1.165, 1.54) is 38.5 Å². The molecule has 4 bridgehead atoms. The highest BCUT2D eigenvalue weighted by atomic mass is 35.5. The second-order valence-corrected chi connectivity index (χ2v) is 10.7. The topological polar surface area (TPSA) is 55.4 Å². The standard InChI is InChI=1S/C18H23Cl2NO3S/c1-24-17-15(3-2-14(19)16(17)20)25(22,23)21-10-18-7-11-4-12(8-18)6-13(5-11)9-18/h2-3,11-13,21H,4-10H2,1H3. The predicted molar refractivity (Wildman–Crippen MR) is 98.8 cm³/mol. The second-order valence-electron chi connectivity index (χ2n) is 8.13. The molecule has 4 fully saturated rings. The van der Waals surface area contributed by atoms with Crippen molar-refractivity contribution in [3.05, 3.63) is 22.2 Å². The minimum atomic E-state index is -3.70. The summed E-state index contributed by atoms with van der Waals surface area (Å²) >= 11 is 12.1. The number of hydrogen-bond donors (Lipinski definition) is 1. The smallest absolute Gasteiger partial charge is 0.244 e. The van der Waals surface area contributed by atoms with Crippen LogP contribution in [0.25, 0.3) is 0 Å². The van der Waals surface area contributed by atoms with Gasteiger partial charge in [0.15, 0.2) is 5.75 Å². The van der Waals surface area contributed by atoms with Crippen molar-refractivity contribution in [2.24, 2.45) is 23.2 Å². The molecule has 0 spiro atoms. The van der Waals surface area contributed by atoms with Crippen LogP contribution in [0.5, 0.6) is 5.75 Å². The van der Waals surface area contributed by atoms with Crippen molar-refractivity contribution in [1.29, 1.82) is 0 Å². The van der Waals surface area contributed by atoms with Crippen molar-refractivity contribution in [2.75, 3.05) is 13.7 Å². The highest BCUT2D eigenvalue weighted by molar-refractivity contribution is 7.89. The third-order valence-electron chi connectivity index (χ3n) is 6.31. The largest absolute Gasteiger partial charge is 0.494 e. The van der Waals surface area contributed by atoms with Gasteiger partial charge in [0.2, 0.25) is 10.0 Å². The molecule has 0 radical (unpaired) electrons. The molecule has 1 aromatic carbocycles. The van der Waals surface area contributed by atoms with Gasteiger partial charge in [-0.2, -0.15) is 0 Å². The molecule has 4 nitrogen and oxygen atoms in total. The normalized spacial score (nSPS) is 33.6. The van der Waals surface area contributed by atoms with Gasteiger partial charge < -0.3 is 4.74 Å². The van der Waals surface area contributed by atoms with E-state index in [0.29, 0.717) is 6.54 Å². The Morgan fingerprint density at radius 1 is 1.12 bits per heavy atom. The van der Waals surface area contributed by atoms with Crippen molar-refractivity contribution in [1.82, 2.24) is 4.72 Å². The summed E-state index contributed by atoms with van der Waals surface area (Å²) < 4.78 is 33.8. The molecule has 0 amide bonds. The second kappa shape index (κ2) is 6.29. The molecular weight excluding hydrogens is 381 g/mol. The van der Waals surface area contributed by atoms with Crippen molar-refractivity contribution in [3.8, 4) is 5.75 Å². The highest BCUT2D eigenvalue weighted by Gasteiger charge is 2.51. The molecule has 0 aliphatic heterocycles. The van der Waals surface area contributed by atoms with Crippen LogP contribution in [0.2, 0.25) is 10.0 Å². The number of halogens is 2. The molecule has 0 saturated heterocycles. The highest BCUT2D eigenvalue weighted by Crippen LogP contribution is 2.59. The van der Waals surface area contributed by atoms with Gasteiger partial charge in [0.25, 0.3) is 0 Å². The van der Waals surface area contributed by atoms with E-state index in [4.69, 9.17) is 27.9 Å². The van der Waals surface area contributed by atoms with Crippen molar-refractivity contribution < 1.29 is 13.2 Å². The average Bonchev–Trinajstić information content (AvgIpc) is 2.54. The number of rotatable bonds is 5. The Kier molecular flexibility index (Phi) is 4.51. The van der Waals surface area contributed by atoms with Gasteiger partial charge in [-0.15, -0.1) is 0 Å². The van der Waals surface area contributed by atoms with Gasteiger partial charge in [-0.1, -0.05) is 23.2 Å². The van der Waals surface area contributed by atoms with Crippen LogP contribution in [0.15, 0.2) is 17.0 Å². The zero-order valence-electron chi connectivity index (χ0n) is 14.2. The molecule has 0 unspecified atom stereocenters. The Labute approximate surface area is 159 Å². The molecule has 0 heterocycles. The van der Waals surface area contributed by atoms with Gasteiger partial charge >= 0.3 is 0 Å². The summed E-state index contributed by atoms with van der Waals surface area (Å²) in [6, 6.07) is 2.95. The summed E-state index contributed by atoms with van der Waals surface area (Å²) in [6.45, 7) is 0.502. The molecule has 1 N–H and O–H groups in total. The lowest BCUT2D eigenvalue weighted by Gasteiger charge is -2.56. The Balaban J connectivity index is 1.56. The van der Waals surface area contributed by atoms with Crippen LogP contribution in [0, 0.1) is 23.2 Å². The maximum absolute atomic E-state index is 12.9. The number of methoxy groups -OCH3 is 1. The fourth-order valence-corrected chi connectivity index (χ4v) is 7.52. The number of ether oxygens (including phenoxy) is 1. The monoisotopic (exact) mass is 403 g/mol. The van der Waals surface area contributed by atoms with Gasteiger partial charge in [-0.05, 0) is 73.8 Å². The first-order valence-corrected chi connectivity index (χ1v) is 11.1. The quantitative estimate of drug-likeness (QED) is 0.787. The van der Waals surface area contributed by atoms with Crippen molar-refractivity contribution in [2.45, 2.75) is 43.4 Å². The SMILES string of the molecule is COc1c(S(=O)(=O)NCC23CC4CC(CC(C4)C2)C3)ccc(Cl)c1Cl. The Morgan fingerprint density at radius 2 is 1.68 bits per heavy atom. The minimum absolute atomic E-state index is 0.0501. The Bertz CT molecular complexity index is 758. The van der Waals surface area contributed by atoms with Gasteiger partial charge in [-0.3, -0.25) is 0 Å². The lowest BCUT2D eigenvalue weighted by atomic mass is 9.50. The van der Waals surface area contributed by atoms with Crippen LogP contribution < -0.4 is 9.46 Å². The van der Waals surface area contributed by atoms with Gasteiger partial charge in [-0.25, -0.2) is 13.1 Å². The molecule has 0 aromatic heterocycles. The first kappa shape index (κ1) is 17.9. The van der Waals surface area contributed by atoms with Crippen LogP contribution in [0.3, 0.4) is 0 Å². The fraction of sp³-hybridized carbons (Fsp3) is 0.667. The summed E-state index contributed by atoms with van der Waals surface area (Å²) in [4.78, 5) is 0.0501. The first-order valence-electron chi connectivity index (χ1n) is 8.83. The summed E-state index contributed by atoms with van der Waals surface area (Å²) in [5, 5.41) is 0.403. The van der Waals surface area contributed by atoms with E-state index in [2.05, 4.69) is 4.72 Å². The van der Waals surface area contributed by atoms with Crippen LogP contribution >= 0.6 is 23.2 Å². The van der Waals surface area contributed by atoms with E-state index in [1.807, 2.05) is 0 Å². The molecule has 1 aromatic rings. The molecule has 4 aliphatic carbocycles. The molecule has 7 heteroatoms. The molecule has 4 aliphatic rings. The van der Waals surface area contributed by atoms with Crippen LogP contribution in [-0.4, -0.2) is 22.1 Å². The Morgan fingerprint density at radius 3 is 2.20 bits per heavy atom. The molecule has 0 atom stereocenters. The Hall–Kier alpha value is -0.490. The summed E-state index contributed by atoms with van der Waals surface area (Å²) in [5.74, 6) is 2.47. The van der Waals surface area contributed by atoms with Crippen LogP contribution in [0.4, 0.5) is 0 Å². The van der Waals surface area contributed by atoms with E-state index in [-0.39, 0.29) is 26.1 Å². The number of nitrogens with one attached hydrogen (secondary N) is 1. The third-order valence-corrected chi connectivity index (χ3v) is 8.52. The van der Waals surface area contributed by atoms with E-state index in [1.54, 1.807) is 0 Å². The maximum Gasteiger partial charge on any atom is 0.244 e. The zero-order chi connectivity index (χ0) is 17.8. The van der Waals surface area contributed by atoms with Gasteiger partial charge in [0.1, 0.15) is 9.92 Å². The van der Waals surface area contributed by atoms with Crippen molar-refractivity contribution >= 4 is 33.2 Å². The third kappa shape index (κ3) is 3.18. The lowest BCUT2D eigenvalue weighted by Crippen LogP contribution is -2.51. The first-order chi connectivity index (χ1) is 11.8. The lowest BCUT2D eigenvalue weighted by molar-refractivity contribution is -0.0487.